The number of Topliss-reactive ketones (excluding diaryl/α,β-unsaturated/α-hetero) is 1. The van der Waals surface area contributed by atoms with Crippen molar-refractivity contribution in [1.29, 1.82) is 0 Å². The number of nitrogen functional groups attached to an aromatic ring is 2. The normalized spacial score (nSPS) is 12.1. The summed E-state index contributed by atoms with van der Waals surface area (Å²) in [5.74, 6) is 0.0435. The Kier molecular flexibility index (Phi) is 5.38. The van der Waals surface area contributed by atoms with Crippen molar-refractivity contribution < 1.29 is 4.79 Å². The molecule has 7 nitrogen and oxygen atoms in total. The third-order valence-electron chi connectivity index (χ3n) is 4.08. The summed E-state index contributed by atoms with van der Waals surface area (Å²) in [6.07, 6.45) is 0. The second-order valence-corrected chi connectivity index (χ2v) is 7.80. The molecule has 1 atom stereocenters. The zero-order valence-corrected chi connectivity index (χ0v) is 16.7. The highest BCUT2D eigenvalue weighted by Crippen LogP contribution is 2.28. The molecule has 0 unspecified atom stereocenters. The summed E-state index contributed by atoms with van der Waals surface area (Å²) < 4.78 is 2.03. The highest BCUT2D eigenvalue weighted by molar-refractivity contribution is 8.00. The van der Waals surface area contributed by atoms with Gasteiger partial charge in [-0.1, -0.05) is 23.4 Å². The van der Waals surface area contributed by atoms with E-state index in [1.54, 1.807) is 6.92 Å². The van der Waals surface area contributed by atoms with E-state index in [2.05, 4.69) is 15.0 Å². The minimum Gasteiger partial charge on any atom is -0.368 e. The monoisotopic (exact) mass is 402 g/mol. The van der Waals surface area contributed by atoms with Gasteiger partial charge in [0, 0.05) is 27.7 Å². The predicted octanol–water partition coefficient (Wildman–Crippen LogP) is 3.46. The summed E-state index contributed by atoms with van der Waals surface area (Å²) in [5.41, 5.74) is 14.6. The zero-order chi connectivity index (χ0) is 19.7. The number of anilines is 2. The third-order valence-corrected chi connectivity index (χ3v) is 5.30. The Bertz CT molecular complexity index is 982. The topological polar surface area (TPSA) is 113 Å². The smallest absolute Gasteiger partial charge is 0.225 e. The highest BCUT2D eigenvalue weighted by Gasteiger charge is 2.23. The van der Waals surface area contributed by atoms with E-state index in [9.17, 15) is 4.79 Å². The highest BCUT2D eigenvalue weighted by atomic mass is 35.5. The Hall–Kier alpha value is -2.58. The first-order chi connectivity index (χ1) is 12.8. The van der Waals surface area contributed by atoms with E-state index in [0.29, 0.717) is 15.7 Å². The minimum atomic E-state index is -0.412. The van der Waals surface area contributed by atoms with Gasteiger partial charge in [0.1, 0.15) is 0 Å². The summed E-state index contributed by atoms with van der Waals surface area (Å²) >= 11 is 7.17. The lowest BCUT2D eigenvalue weighted by molar-refractivity contribution is 0.0993. The molecule has 1 aromatic carbocycles. The fourth-order valence-corrected chi connectivity index (χ4v) is 3.84. The first-order valence-corrected chi connectivity index (χ1v) is 9.45. The van der Waals surface area contributed by atoms with Gasteiger partial charge in [0.2, 0.25) is 11.9 Å². The van der Waals surface area contributed by atoms with Gasteiger partial charge in [-0.25, -0.2) is 0 Å². The molecular weight excluding hydrogens is 384 g/mol. The van der Waals surface area contributed by atoms with E-state index in [1.807, 2.05) is 48.7 Å². The quantitative estimate of drug-likeness (QED) is 0.496. The van der Waals surface area contributed by atoms with Crippen LogP contribution in [0.2, 0.25) is 5.02 Å². The first-order valence-electron chi connectivity index (χ1n) is 8.19. The van der Waals surface area contributed by atoms with Crippen LogP contribution in [0.3, 0.4) is 0 Å². The Morgan fingerprint density at radius 1 is 1.11 bits per heavy atom. The fourth-order valence-electron chi connectivity index (χ4n) is 2.87. The van der Waals surface area contributed by atoms with Crippen LogP contribution in [-0.4, -0.2) is 30.6 Å². The number of carbonyl (C=O) groups is 1. The number of rotatable bonds is 5. The lowest BCUT2D eigenvalue weighted by Crippen LogP contribution is -2.16. The molecule has 0 radical (unpaired) electrons. The number of benzene rings is 1. The van der Waals surface area contributed by atoms with Gasteiger partial charge in [-0.05, 0) is 51.1 Å². The van der Waals surface area contributed by atoms with Crippen LogP contribution in [0.5, 0.6) is 0 Å². The van der Waals surface area contributed by atoms with Crippen molar-refractivity contribution >= 4 is 41.0 Å². The fraction of sp³-hybridized carbons (Fsp3) is 0.222. The number of nitrogens with two attached hydrogens (primary N) is 2. The van der Waals surface area contributed by atoms with E-state index < -0.39 is 5.25 Å². The summed E-state index contributed by atoms with van der Waals surface area (Å²) in [5, 5.41) is 0.580. The van der Waals surface area contributed by atoms with Crippen LogP contribution in [0.4, 0.5) is 11.9 Å². The molecule has 0 fully saturated rings. The van der Waals surface area contributed by atoms with Gasteiger partial charge in [0.05, 0.1) is 5.25 Å². The van der Waals surface area contributed by atoms with Crippen LogP contribution in [0.1, 0.15) is 28.7 Å². The molecule has 3 rings (SSSR count). The lowest BCUT2D eigenvalue weighted by Gasteiger charge is -2.12. The average molecular weight is 403 g/mol. The van der Waals surface area contributed by atoms with E-state index in [4.69, 9.17) is 23.1 Å². The van der Waals surface area contributed by atoms with Crippen LogP contribution < -0.4 is 11.5 Å². The van der Waals surface area contributed by atoms with E-state index >= 15 is 0 Å². The number of hydrogen-bond donors (Lipinski definition) is 2. The first kappa shape index (κ1) is 19.2. The Morgan fingerprint density at radius 3 is 2.30 bits per heavy atom. The Morgan fingerprint density at radius 2 is 1.70 bits per heavy atom. The maximum atomic E-state index is 13.0. The van der Waals surface area contributed by atoms with Gasteiger partial charge >= 0.3 is 0 Å². The van der Waals surface area contributed by atoms with Gasteiger partial charge in [-0.15, -0.1) is 0 Å². The number of aryl methyl sites for hydroxylation is 1. The molecule has 2 aromatic heterocycles. The van der Waals surface area contributed by atoms with Gasteiger partial charge in [-0.3, -0.25) is 4.79 Å². The number of carbonyl (C=O) groups excluding carboxylic acids is 1. The number of aromatic nitrogens is 4. The number of thioether (sulfide) groups is 1. The van der Waals surface area contributed by atoms with Crippen LogP contribution in [-0.2, 0) is 0 Å². The van der Waals surface area contributed by atoms with E-state index in [1.165, 1.54) is 11.8 Å². The number of hydrogen-bond acceptors (Lipinski definition) is 7. The van der Waals surface area contributed by atoms with Gasteiger partial charge in [0.15, 0.2) is 10.9 Å². The van der Waals surface area contributed by atoms with Crippen molar-refractivity contribution in [3.05, 3.63) is 52.3 Å². The van der Waals surface area contributed by atoms with Crippen LogP contribution in [0.25, 0.3) is 5.69 Å². The molecule has 3 aromatic rings. The number of halogens is 1. The molecular formula is C18H19ClN6OS. The molecule has 0 aliphatic carbocycles. The third kappa shape index (κ3) is 4.06. The molecule has 27 heavy (non-hydrogen) atoms. The van der Waals surface area contributed by atoms with Gasteiger partial charge in [0.25, 0.3) is 0 Å². The largest absolute Gasteiger partial charge is 0.368 e. The lowest BCUT2D eigenvalue weighted by atomic mass is 10.1. The molecule has 0 saturated heterocycles. The van der Waals surface area contributed by atoms with Crippen molar-refractivity contribution in [2.75, 3.05) is 11.5 Å². The van der Waals surface area contributed by atoms with Crippen molar-refractivity contribution in [2.24, 2.45) is 0 Å². The molecule has 0 aliphatic rings. The second kappa shape index (κ2) is 7.58. The molecule has 4 N–H and O–H groups in total. The molecule has 0 aliphatic heterocycles. The van der Waals surface area contributed by atoms with Crippen molar-refractivity contribution in [3.8, 4) is 5.69 Å². The van der Waals surface area contributed by atoms with E-state index in [-0.39, 0.29) is 17.7 Å². The zero-order valence-electron chi connectivity index (χ0n) is 15.1. The van der Waals surface area contributed by atoms with Gasteiger partial charge < -0.3 is 16.0 Å². The maximum absolute atomic E-state index is 13.0. The average Bonchev–Trinajstić information content (AvgIpc) is 2.88. The summed E-state index contributed by atoms with van der Waals surface area (Å²) in [7, 11) is 0. The molecule has 0 spiro atoms. The molecule has 9 heteroatoms. The Balaban J connectivity index is 1.88. The van der Waals surface area contributed by atoms with Crippen LogP contribution in [0, 0.1) is 13.8 Å². The van der Waals surface area contributed by atoms with Crippen molar-refractivity contribution in [2.45, 2.75) is 31.2 Å². The second-order valence-electron chi connectivity index (χ2n) is 6.06. The van der Waals surface area contributed by atoms with E-state index in [0.717, 1.165) is 17.1 Å². The summed E-state index contributed by atoms with van der Waals surface area (Å²) in [4.78, 5) is 24.8. The van der Waals surface area contributed by atoms with Crippen molar-refractivity contribution in [3.63, 3.8) is 0 Å². The molecule has 0 bridgehead atoms. The maximum Gasteiger partial charge on any atom is 0.225 e. The molecule has 2 heterocycles. The molecule has 140 valence electrons. The standard InChI is InChI=1S/C18H19ClN6OS/c1-9-8-14(10(2)25(9)13-6-4-12(19)5-7-13)15(26)11(3)27-18-23-16(20)22-17(21)24-18/h4-8,11H,1-3H3,(H4,20,21,22,23,24)/t11-/m1/s1. The Labute approximate surface area is 166 Å². The summed E-state index contributed by atoms with van der Waals surface area (Å²) in [6.45, 7) is 5.69. The number of ketones is 1. The predicted molar refractivity (Wildman–Crippen MR) is 109 cm³/mol. The number of nitrogens with zero attached hydrogens (tertiary/aromatic N) is 4. The van der Waals surface area contributed by atoms with Crippen LogP contribution >= 0.6 is 23.4 Å². The summed E-state index contributed by atoms with van der Waals surface area (Å²) in [6, 6.07) is 9.38. The van der Waals surface area contributed by atoms with Gasteiger partial charge in [-0.2, -0.15) is 15.0 Å². The SMILES string of the molecule is Cc1cc(C(=O)[C@@H](C)Sc2nc(N)nc(N)n2)c(C)n1-c1ccc(Cl)cc1. The van der Waals surface area contributed by atoms with Crippen molar-refractivity contribution in [1.82, 2.24) is 19.5 Å². The van der Waals surface area contributed by atoms with Crippen LogP contribution in [0.15, 0.2) is 35.5 Å². The molecule has 0 amide bonds. The minimum absolute atomic E-state index is 0.0223. The molecule has 0 saturated carbocycles.